The van der Waals surface area contributed by atoms with E-state index in [1.807, 2.05) is 19.1 Å². The molecule has 1 aromatic rings. The molecule has 0 aliphatic rings. The normalized spacial score (nSPS) is 10.4. The molecule has 0 amide bonds. The van der Waals surface area contributed by atoms with E-state index in [-0.39, 0.29) is 0 Å². The van der Waals surface area contributed by atoms with Gasteiger partial charge >= 0.3 is 0 Å². The Hall–Kier alpha value is -1.06. The van der Waals surface area contributed by atoms with Crippen molar-refractivity contribution in [3.63, 3.8) is 0 Å². The third-order valence-corrected chi connectivity index (χ3v) is 2.96. The summed E-state index contributed by atoms with van der Waals surface area (Å²) < 4.78 is 0. The van der Waals surface area contributed by atoms with E-state index in [0.717, 1.165) is 36.7 Å². The number of rotatable bonds is 7. The van der Waals surface area contributed by atoms with Crippen molar-refractivity contribution in [2.24, 2.45) is 0 Å². The summed E-state index contributed by atoms with van der Waals surface area (Å²) in [6.45, 7) is 13.5. The summed E-state index contributed by atoms with van der Waals surface area (Å²) in [5, 5.41) is 3.96. The first-order valence-corrected chi connectivity index (χ1v) is 6.71. The molecule has 1 aromatic heterocycles. The zero-order chi connectivity index (χ0) is 13.5. The van der Waals surface area contributed by atoms with Crippen molar-refractivity contribution < 1.29 is 0 Å². The number of aromatic nitrogens is 1. The standard InChI is InChI=1S/C14H22ClN3/c1-5-16-9-13-12(15)7-8-14(17-13)18(6-2)10-11(3)4/h7-8,16H,3,5-6,9-10H2,1-2,4H3. The van der Waals surface area contributed by atoms with Crippen LogP contribution in [-0.4, -0.2) is 24.6 Å². The monoisotopic (exact) mass is 267 g/mol. The lowest BCUT2D eigenvalue weighted by molar-refractivity contribution is 0.708. The molecule has 0 unspecified atom stereocenters. The molecule has 0 spiro atoms. The van der Waals surface area contributed by atoms with Crippen LogP contribution in [0.5, 0.6) is 0 Å². The Bertz CT molecular complexity index is 404. The third kappa shape index (κ3) is 4.31. The highest BCUT2D eigenvalue weighted by Gasteiger charge is 2.09. The molecule has 1 heterocycles. The van der Waals surface area contributed by atoms with E-state index in [9.17, 15) is 0 Å². The predicted octanol–water partition coefficient (Wildman–Crippen LogP) is 3.25. The van der Waals surface area contributed by atoms with Gasteiger partial charge in [0.25, 0.3) is 0 Å². The van der Waals surface area contributed by atoms with Crippen molar-refractivity contribution in [3.05, 3.63) is 35.0 Å². The molecule has 0 radical (unpaired) electrons. The first-order valence-electron chi connectivity index (χ1n) is 6.33. The van der Waals surface area contributed by atoms with Gasteiger partial charge in [-0.2, -0.15) is 0 Å². The summed E-state index contributed by atoms with van der Waals surface area (Å²) in [5.74, 6) is 0.956. The average molecular weight is 268 g/mol. The Kier molecular flexibility index (Phi) is 6.16. The molecule has 0 aliphatic carbocycles. The second kappa shape index (κ2) is 7.39. The molecule has 1 N–H and O–H groups in total. The molecule has 0 atom stereocenters. The van der Waals surface area contributed by atoms with Crippen LogP contribution in [0.25, 0.3) is 0 Å². The zero-order valence-corrected chi connectivity index (χ0v) is 12.2. The summed E-state index contributed by atoms with van der Waals surface area (Å²) >= 11 is 6.15. The highest BCUT2D eigenvalue weighted by atomic mass is 35.5. The average Bonchev–Trinajstić information content (AvgIpc) is 2.35. The van der Waals surface area contributed by atoms with Crippen molar-refractivity contribution >= 4 is 17.4 Å². The van der Waals surface area contributed by atoms with E-state index >= 15 is 0 Å². The lowest BCUT2D eigenvalue weighted by Crippen LogP contribution is -2.26. The predicted molar refractivity (Wildman–Crippen MR) is 79.3 cm³/mol. The van der Waals surface area contributed by atoms with Crippen LogP contribution < -0.4 is 10.2 Å². The molecule has 0 fully saturated rings. The largest absolute Gasteiger partial charge is 0.353 e. The first kappa shape index (κ1) is 15.0. The molecular formula is C14H22ClN3. The summed E-state index contributed by atoms with van der Waals surface area (Å²) in [7, 11) is 0. The third-order valence-electron chi connectivity index (χ3n) is 2.61. The minimum Gasteiger partial charge on any atom is -0.353 e. The maximum atomic E-state index is 6.15. The van der Waals surface area contributed by atoms with Crippen molar-refractivity contribution in [1.82, 2.24) is 10.3 Å². The zero-order valence-electron chi connectivity index (χ0n) is 11.5. The Balaban J connectivity index is 2.90. The van der Waals surface area contributed by atoms with Crippen LogP contribution in [0.15, 0.2) is 24.3 Å². The van der Waals surface area contributed by atoms with Crippen LogP contribution in [0, 0.1) is 0 Å². The summed E-state index contributed by atoms with van der Waals surface area (Å²) in [4.78, 5) is 6.81. The summed E-state index contributed by atoms with van der Waals surface area (Å²) in [6.07, 6.45) is 0. The molecule has 100 valence electrons. The van der Waals surface area contributed by atoms with Gasteiger partial charge in [0.1, 0.15) is 5.82 Å². The van der Waals surface area contributed by atoms with E-state index < -0.39 is 0 Å². The molecule has 4 heteroatoms. The fraction of sp³-hybridized carbons (Fsp3) is 0.500. The van der Waals surface area contributed by atoms with E-state index in [1.165, 1.54) is 0 Å². The summed E-state index contributed by atoms with van der Waals surface area (Å²) in [5.41, 5.74) is 2.03. The van der Waals surface area contributed by atoms with Crippen LogP contribution in [0.4, 0.5) is 5.82 Å². The number of likely N-dealkylation sites (N-methyl/N-ethyl adjacent to an activating group) is 1. The van der Waals surface area contributed by atoms with Gasteiger partial charge in [-0.15, -0.1) is 0 Å². The van der Waals surface area contributed by atoms with Crippen LogP contribution in [0.2, 0.25) is 5.02 Å². The minimum atomic E-state index is 0.702. The van der Waals surface area contributed by atoms with Gasteiger partial charge in [0.05, 0.1) is 10.7 Å². The number of nitrogens with one attached hydrogen (secondary N) is 1. The number of pyridine rings is 1. The highest BCUT2D eigenvalue weighted by molar-refractivity contribution is 6.31. The highest BCUT2D eigenvalue weighted by Crippen LogP contribution is 2.19. The SMILES string of the molecule is C=C(C)CN(CC)c1ccc(Cl)c(CNCC)n1. The second-order valence-electron chi connectivity index (χ2n) is 4.35. The number of anilines is 1. The Morgan fingerprint density at radius 2 is 2.17 bits per heavy atom. The maximum Gasteiger partial charge on any atom is 0.129 e. The topological polar surface area (TPSA) is 28.2 Å². The molecule has 0 saturated carbocycles. The molecule has 0 bridgehead atoms. The van der Waals surface area contributed by atoms with Gasteiger partial charge < -0.3 is 10.2 Å². The first-order chi connectivity index (χ1) is 8.58. The van der Waals surface area contributed by atoms with Gasteiger partial charge in [-0.1, -0.05) is 30.7 Å². The number of hydrogen-bond acceptors (Lipinski definition) is 3. The molecule has 3 nitrogen and oxygen atoms in total. The van der Waals surface area contributed by atoms with Gasteiger partial charge in [0.2, 0.25) is 0 Å². The van der Waals surface area contributed by atoms with Crippen LogP contribution in [0.3, 0.4) is 0 Å². The fourth-order valence-corrected chi connectivity index (χ4v) is 1.87. The van der Waals surface area contributed by atoms with Gasteiger partial charge in [0.15, 0.2) is 0 Å². The smallest absolute Gasteiger partial charge is 0.129 e. The van der Waals surface area contributed by atoms with Crippen molar-refractivity contribution in [1.29, 1.82) is 0 Å². The molecule has 0 aromatic carbocycles. The minimum absolute atomic E-state index is 0.702. The van der Waals surface area contributed by atoms with Crippen LogP contribution >= 0.6 is 11.6 Å². The van der Waals surface area contributed by atoms with Crippen molar-refractivity contribution in [2.75, 3.05) is 24.5 Å². The number of nitrogens with zero attached hydrogens (tertiary/aromatic N) is 2. The van der Waals surface area contributed by atoms with E-state index in [1.54, 1.807) is 0 Å². The van der Waals surface area contributed by atoms with Crippen molar-refractivity contribution in [2.45, 2.75) is 27.3 Å². The number of halogens is 1. The molecular weight excluding hydrogens is 246 g/mol. The van der Waals surface area contributed by atoms with Gasteiger partial charge in [0, 0.05) is 19.6 Å². The van der Waals surface area contributed by atoms with Crippen LogP contribution in [-0.2, 0) is 6.54 Å². The molecule has 0 saturated heterocycles. The van der Waals surface area contributed by atoms with Crippen molar-refractivity contribution in [3.8, 4) is 0 Å². The molecule has 18 heavy (non-hydrogen) atoms. The fourth-order valence-electron chi connectivity index (χ4n) is 1.70. The summed E-state index contributed by atoms with van der Waals surface area (Å²) in [6, 6.07) is 3.88. The van der Waals surface area contributed by atoms with E-state index in [4.69, 9.17) is 11.6 Å². The number of hydrogen-bond donors (Lipinski definition) is 1. The Morgan fingerprint density at radius 3 is 2.72 bits per heavy atom. The van der Waals surface area contributed by atoms with Gasteiger partial charge in [-0.3, -0.25) is 0 Å². The van der Waals surface area contributed by atoms with Gasteiger partial charge in [-0.25, -0.2) is 4.98 Å². The van der Waals surface area contributed by atoms with E-state index in [0.29, 0.717) is 11.6 Å². The Morgan fingerprint density at radius 1 is 1.44 bits per heavy atom. The second-order valence-corrected chi connectivity index (χ2v) is 4.76. The quantitative estimate of drug-likeness (QED) is 0.769. The molecule has 1 rings (SSSR count). The lowest BCUT2D eigenvalue weighted by atomic mass is 10.3. The Labute approximate surface area is 115 Å². The molecule has 0 aliphatic heterocycles. The lowest BCUT2D eigenvalue weighted by Gasteiger charge is -2.22. The van der Waals surface area contributed by atoms with Crippen LogP contribution in [0.1, 0.15) is 26.5 Å². The van der Waals surface area contributed by atoms with Gasteiger partial charge in [-0.05, 0) is 32.5 Å². The van der Waals surface area contributed by atoms with E-state index in [2.05, 4.69) is 35.6 Å². The maximum absolute atomic E-state index is 6.15.